The normalized spacial score (nSPS) is 10.7. The van der Waals surface area contributed by atoms with Crippen LogP contribution in [0.1, 0.15) is 38.5 Å². The Morgan fingerprint density at radius 1 is 1.08 bits per heavy atom. The van der Waals surface area contributed by atoms with Crippen LogP contribution in [-0.2, 0) is 11.2 Å². The number of nitrogens with zero attached hydrogens (tertiary/aromatic N) is 1. The van der Waals surface area contributed by atoms with Gasteiger partial charge in [0.1, 0.15) is 5.76 Å². The second-order valence-corrected chi connectivity index (χ2v) is 6.23. The maximum Gasteiger partial charge on any atom is 0.338 e. The third-order valence-electron chi connectivity index (χ3n) is 4.35. The second kappa shape index (κ2) is 6.93. The number of rotatable bonds is 4. The van der Waals surface area contributed by atoms with Crippen LogP contribution >= 0.6 is 0 Å². The van der Waals surface area contributed by atoms with E-state index in [2.05, 4.69) is 36.3 Å². The van der Waals surface area contributed by atoms with E-state index in [0.717, 1.165) is 33.7 Å². The number of aryl methyl sites for hydroxylation is 3. The van der Waals surface area contributed by atoms with E-state index in [0.29, 0.717) is 12.0 Å². The number of ether oxygens (including phenoxy) is 1. The molecular weight excluding hydrogens is 314 g/mol. The summed E-state index contributed by atoms with van der Waals surface area (Å²) in [5.74, 6) is 0.398. The van der Waals surface area contributed by atoms with E-state index in [4.69, 9.17) is 9.26 Å². The van der Waals surface area contributed by atoms with Crippen molar-refractivity contribution < 1.29 is 14.1 Å². The van der Waals surface area contributed by atoms with Crippen LogP contribution in [-0.4, -0.2) is 18.2 Å². The molecule has 0 saturated carbocycles. The minimum atomic E-state index is -0.337. The fraction of sp³-hybridized carbons (Fsp3) is 0.238. The number of methoxy groups -OCH3 is 1. The van der Waals surface area contributed by atoms with Gasteiger partial charge in [0.2, 0.25) is 0 Å². The Morgan fingerprint density at radius 3 is 2.40 bits per heavy atom. The van der Waals surface area contributed by atoms with Crippen LogP contribution in [0.15, 0.2) is 47.0 Å². The Labute approximate surface area is 147 Å². The van der Waals surface area contributed by atoms with Gasteiger partial charge in [0.25, 0.3) is 0 Å². The number of aromatic nitrogens is 1. The zero-order valence-corrected chi connectivity index (χ0v) is 14.9. The largest absolute Gasteiger partial charge is 0.465 e. The monoisotopic (exact) mass is 335 g/mol. The molecule has 0 bridgehead atoms. The highest BCUT2D eigenvalue weighted by molar-refractivity contribution is 5.93. The van der Waals surface area contributed by atoms with Gasteiger partial charge in [-0.05, 0) is 49.9 Å². The molecule has 4 heteroatoms. The summed E-state index contributed by atoms with van der Waals surface area (Å²) in [7, 11) is 1.40. The van der Waals surface area contributed by atoms with Crippen molar-refractivity contribution in [1.82, 2.24) is 5.16 Å². The molecule has 0 spiro atoms. The molecule has 0 fully saturated rings. The van der Waals surface area contributed by atoms with Crippen molar-refractivity contribution in [2.45, 2.75) is 27.2 Å². The Bertz CT molecular complexity index is 888. The fourth-order valence-electron chi connectivity index (χ4n) is 3.01. The van der Waals surface area contributed by atoms with E-state index in [1.165, 1.54) is 12.7 Å². The maximum absolute atomic E-state index is 12.3. The molecule has 0 unspecified atom stereocenters. The molecular formula is C21H21NO3. The van der Waals surface area contributed by atoms with Crippen molar-refractivity contribution in [3.63, 3.8) is 0 Å². The summed E-state index contributed by atoms with van der Waals surface area (Å²) in [6.07, 6.45) is 0.673. The number of hydrogen-bond donors (Lipinski definition) is 0. The van der Waals surface area contributed by atoms with Crippen molar-refractivity contribution in [2.24, 2.45) is 0 Å². The first kappa shape index (κ1) is 17.0. The average Bonchev–Trinajstić information content (AvgIpc) is 2.95. The molecule has 1 heterocycles. The lowest BCUT2D eigenvalue weighted by molar-refractivity contribution is 0.0599. The van der Waals surface area contributed by atoms with E-state index >= 15 is 0 Å². The minimum absolute atomic E-state index is 0.337. The van der Waals surface area contributed by atoms with E-state index in [-0.39, 0.29) is 5.97 Å². The first-order valence-electron chi connectivity index (χ1n) is 8.19. The molecule has 1 aromatic heterocycles. The highest BCUT2D eigenvalue weighted by Crippen LogP contribution is 2.29. The zero-order chi connectivity index (χ0) is 18.0. The number of benzene rings is 2. The predicted molar refractivity (Wildman–Crippen MR) is 96.7 cm³/mol. The van der Waals surface area contributed by atoms with Gasteiger partial charge in [0.15, 0.2) is 0 Å². The molecule has 0 aliphatic heterocycles. The highest BCUT2D eigenvalue weighted by Gasteiger charge is 2.17. The van der Waals surface area contributed by atoms with Gasteiger partial charge < -0.3 is 9.26 Å². The van der Waals surface area contributed by atoms with Crippen LogP contribution in [0, 0.1) is 20.8 Å². The maximum atomic E-state index is 12.3. The SMILES string of the molecule is COC(=O)c1cc(-c2c(C)noc2C)ccc1Cc1ccc(C)cc1. The lowest BCUT2D eigenvalue weighted by atomic mass is 9.94. The summed E-state index contributed by atoms with van der Waals surface area (Å²) in [4.78, 5) is 12.3. The summed E-state index contributed by atoms with van der Waals surface area (Å²) in [6.45, 7) is 5.82. The molecule has 25 heavy (non-hydrogen) atoms. The van der Waals surface area contributed by atoms with Crippen molar-refractivity contribution in [1.29, 1.82) is 0 Å². The molecule has 0 radical (unpaired) electrons. The molecule has 4 nitrogen and oxygen atoms in total. The smallest absolute Gasteiger partial charge is 0.338 e. The summed E-state index contributed by atoms with van der Waals surface area (Å²) >= 11 is 0. The molecule has 128 valence electrons. The molecule has 0 aliphatic rings. The fourth-order valence-corrected chi connectivity index (χ4v) is 3.01. The molecule has 0 aliphatic carbocycles. The van der Waals surface area contributed by atoms with Gasteiger partial charge in [-0.25, -0.2) is 4.79 Å². The van der Waals surface area contributed by atoms with Crippen LogP contribution in [0.4, 0.5) is 0 Å². The van der Waals surface area contributed by atoms with E-state index in [1.807, 2.05) is 32.0 Å². The standard InChI is InChI=1S/C21H21NO3/c1-13-5-7-16(8-6-13)11-17-9-10-18(12-19(17)21(23)24-4)20-14(2)22-25-15(20)3/h5-10,12H,11H2,1-4H3. The zero-order valence-electron chi connectivity index (χ0n) is 14.9. The average molecular weight is 335 g/mol. The van der Waals surface area contributed by atoms with Crippen molar-refractivity contribution in [3.05, 3.63) is 76.2 Å². The summed E-state index contributed by atoms with van der Waals surface area (Å²) in [6, 6.07) is 14.2. The summed E-state index contributed by atoms with van der Waals surface area (Å²) in [5, 5.41) is 3.99. The van der Waals surface area contributed by atoms with Gasteiger partial charge in [-0.15, -0.1) is 0 Å². The highest BCUT2D eigenvalue weighted by atomic mass is 16.5. The Kier molecular flexibility index (Phi) is 4.70. The van der Waals surface area contributed by atoms with Crippen LogP contribution in [0.3, 0.4) is 0 Å². The Hall–Kier alpha value is -2.88. The quantitative estimate of drug-likeness (QED) is 0.652. The molecule has 3 rings (SSSR count). The second-order valence-electron chi connectivity index (χ2n) is 6.23. The number of hydrogen-bond acceptors (Lipinski definition) is 4. The third-order valence-corrected chi connectivity index (χ3v) is 4.35. The minimum Gasteiger partial charge on any atom is -0.465 e. The van der Waals surface area contributed by atoms with Crippen LogP contribution < -0.4 is 0 Å². The predicted octanol–water partition coefficient (Wildman–Crippen LogP) is 4.64. The summed E-state index contributed by atoms with van der Waals surface area (Å²) in [5.41, 5.74) is 6.51. The van der Waals surface area contributed by atoms with Crippen LogP contribution in [0.5, 0.6) is 0 Å². The van der Waals surface area contributed by atoms with Crippen molar-refractivity contribution >= 4 is 5.97 Å². The molecule has 3 aromatic rings. The molecule has 2 aromatic carbocycles. The molecule has 0 N–H and O–H groups in total. The summed E-state index contributed by atoms with van der Waals surface area (Å²) < 4.78 is 10.2. The number of esters is 1. The third kappa shape index (κ3) is 3.48. The molecule has 0 amide bonds. The first-order valence-corrected chi connectivity index (χ1v) is 8.19. The lowest BCUT2D eigenvalue weighted by Crippen LogP contribution is -2.07. The van der Waals surface area contributed by atoms with Crippen LogP contribution in [0.25, 0.3) is 11.1 Å². The van der Waals surface area contributed by atoms with Gasteiger partial charge >= 0.3 is 5.97 Å². The van der Waals surface area contributed by atoms with Crippen LogP contribution in [0.2, 0.25) is 0 Å². The molecule has 0 atom stereocenters. The van der Waals surface area contributed by atoms with Crippen molar-refractivity contribution in [2.75, 3.05) is 7.11 Å². The first-order chi connectivity index (χ1) is 12.0. The molecule has 0 saturated heterocycles. The van der Waals surface area contributed by atoms with Gasteiger partial charge in [-0.1, -0.05) is 47.1 Å². The lowest BCUT2D eigenvalue weighted by Gasteiger charge is -2.11. The topological polar surface area (TPSA) is 52.3 Å². The Balaban J connectivity index is 2.04. The van der Waals surface area contributed by atoms with E-state index < -0.39 is 0 Å². The Morgan fingerprint density at radius 2 is 1.80 bits per heavy atom. The van der Waals surface area contributed by atoms with Gasteiger partial charge in [-0.3, -0.25) is 0 Å². The van der Waals surface area contributed by atoms with Gasteiger partial charge in [0.05, 0.1) is 18.4 Å². The van der Waals surface area contributed by atoms with Gasteiger partial charge in [0, 0.05) is 5.56 Å². The van der Waals surface area contributed by atoms with Crippen molar-refractivity contribution in [3.8, 4) is 11.1 Å². The van der Waals surface area contributed by atoms with E-state index in [9.17, 15) is 4.79 Å². The number of carbonyl (C=O) groups excluding carboxylic acids is 1. The number of carbonyl (C=O) groups is 1. The van der Waals surface area contributed by atoms with E-state index in [1.54, 1.807) is 0 Å². The van der Waals surface area contributed by atoms with Gasteiger partial charge in [-0.2, -0.15) is 0 Å².